The average Bonchev–Trinajstić information content (AvgIpc) is 3.42. The van der Waals surface area contributed by atoms with Crippen molar-refractivity contribution in [2.45, 2.75) is 38.3 Å². The van der Waals surface area contributed by atoms with Crippen LogP contribution < -0.4 is 0 Å². The molecule has 0 radical (unpaired) electrons. The molecular formula is C21H19F2N5O. The minimum atomic E-state index is -0.654. The number of fused-ring (bicyclic) bond motifs is 1. The van der Waals surface area contributed by atoms with Gasteiger partial charge in [-0.05, 0) is 48.3 Å². The molecule has 0 spiro atoms. The Morgan fingerprint density at radius 3 is 2.69 bits per heavy atom. The van der Waals surface area contributed by atoms with E-state index in [1.807, 2.05) is 10.6 Å². The zero-order valence-electron chi connectivity index (χ0n) is 15.6. The molecule has 2 bridgehead atoms. The van der Waals surface area contributed by atoms with Crippen LogP contribution >= 0.6 is 0 Å². The van der Waals surface area contributed by atoms with Crippen molar-refractivity contribution >= 4 is 12.1 Å². The smallest absolute Gasteiger partial charge is 0.246 e. The monoisotopic (exact) mass is 395 g/mol. The minimum Gasteiger partial charge on any atom is -0.336 e. The third-order valence-corrected chi connectivity index (χ3v) is 6.52. The van der Waals surface area contributed by atoms with Crippen molar-refractivity contribution in [3.8, 4) is 6.07 Å². The second kappa shape index (κ2) is 6.48. The van der Waals surface area contributed by atoms with E-state index in [-0.39, 0.29) is 17.2 Å². The zero-order chi connectivity index (χ0) is 20.2. The molecule has 3 fully saturated rings. The van der Waals surface area contributed by atoms with Crippen LogP contribution in [0.2, 0.25) is 0 Å². The number of hydrogen-bond donors (Lipinski definition) is 0. The van der Waals surface area contributed by atoms with E-state index in [1.54, 1.807) is 18.7 Å². The third kappa shape index (κ3) is 3.01. The standard InChI is InChI=1S/C21H19F2N5O/c22-15-3-13(4-16(23)5-15)19-1-2-26-28(19)20(29)18-8-21(6-14(18)7-21)11-27-10-17(9-24)25-12-27/h2-5,10,12,14,18-19H,1,6-8,11H2. The van der Waals surface area contributed by atoms with Gasteiger partial charge in [-0.15, -0.1) is 0 Å². The Kier molecular flexibility index (Phi) is 4.02. The predicted octanol–water partition coefficient (Wildman–Crippen LogP) is 3.41. The van der Waals surface area contributed by atoms with E-state index in [2.05, 4.69) is 10.1 Å². The number of carbonyl (C=O) groups is 1. The maximum atomic E-state index is 13.7. The minimum absolute atomic E-state index is 0.0440. The van der Waals surface area contributed by atoms with Gasteiger partial charge in [-0.25, -0.2) is 18.8 Å². The number of nitriles is 1. The summed E-state index contributed by atoms with van der Waals surface area (Å²) in [5.74, 6) is -1.20. The number of imidazole rings is 1. The number of aromatic nitrogens is 2. The first-order valence-electron chi connectivity index (χ1n) is 9.70. The largest absolute Gasteiger partial charge is 0.336 e. The first-order chi connectivity index (χ1) is 14.0. The molecule has 0 saturated heterocycles. The van der Waals surface area contributed by atoms with E-state index in [1.165, 1.54) is 17.1 Å². The van der Waals surface area contributed by atoms with E-state index in [0.29, 0.717) is 23.6 Å². The lowest BCUT2D eigenvalue weighted by molar-refractivity contribution is -0.138. The number of rotatable bonds is 4. The number of halogens is 2. The molecular weight excluding hydrogens is 376 g/mol. The molecule has 4 aliphatic rings. The summed E-state index contributed by atoms with van der Waals surface area (Å²) in [6.45, 7) is 0.740. The van der Waals surface area contributed by atoms with Crippen LogP contribution in [0.5, 0.6) is 0 Å². The molecule has 29 heavy (non-hydrogen) atoms. The summed E-state index contributed by atoms with van der Waals surface area (Å²) in [7, 11) is 0. The quantitative estimate of drug-likeness (QED) is 0.796. The molecule has 1 amide bonds. The fraction of sp³-hybridized carbons (Fsp3) is 0.429. The lowest BCUT2D eigenvalue weighted by Crippen LogP contribution is -2.35. The van der Waals surface area contributed by atoms with Crippen LogP contribution in [0.4, 0.5) is 8.78 Å². The van der Waals surface area contributed by atoms with Gasteiger partial charge in [-0.1, -0.05) is 0 Å². The Balaban J connectivity index is 1.31. The highest BCUT2D eigenvalue weighted by Gasteiger charge is 2.59. The fourth-order valence-corrected chi connectivity index (χ4v) is 5.35. The van der Waals surface area contributed by atoms with E-state index >= 15 is 0 Å². The SMILES string of the molecule is N#Cc1cn(CC23CC(C2)C(C(=O)N2N=CCC2c2cc(F)cc(F)c2)C3)cn1. The highest BCUT2D eigenvalue weighted by Crippen LogP contribution is 2.63. The molecule has 2 atom stereocenters. The average molecular weight is 395 g/mol. The molecule has 1 aromatic carbocycles. The van der Waals surface area contributed by atoms with Crippen molar-refractivity contribution in [1.29, 1.82) is 5.26 Å². The summed E-state index contributed by atoms with van der Waals surface area (Å²) in [6, 6.07) is 4.93. The highest BCUT2D eigenvalue weighted by molar-refractivity contribution is 5.83. The Labute approximate surface area is 166 Å². The molecule has 1 aliphatic heterocycles. The summed E-state index contributed by atoms with van der Waals surface area (Å²) in [5.41, 5.74) is 0.859. The molecule has 1 aromatic heterocycles. The number of benzene rings is 1. The van der Waals surface area contributed by atoms with Gasteiger partial charge >= 0.3 is 0 Å². The maximum Gasteiger partial charge on any atom is 0.246 e. The Bertz CT molecular complexity index is 1030. The summed E-state index contributed by atoms with van der Waals surface area (Å²) in [4.78, 5) is 17.3. The van der Waals surface area contributed by atoms with Gasteiger partial charge in [0.25, 0.3) is 0 Å². The van der Waals surface area contributed by atoms with Gasteiger partial charge in [0.15, 0.2) is 5.69 Å². The Hall–Kier alpha value is -3.08. The molecule has 6 rings (SSSR count). The van der Waals surface area contributed by atoms with Gasteiger partial charge in [-0.2, -0.15) is 10.4 Å². The van der Waals surface area contributed by atoms with E-state index in [0.717, 1.165) is 31.9 Å². The number of amides is 1. The summed E-state index contributed by atoms with van der Waals surface area (Å²) >= 11 is 0. The van der Waals surface area contributed by atoms with Crippen LogP contribution in [0.25, 0.3) is 0 Å². The molecule has 3 saturated carbocycles. The van der Waals surface area contributed by atoms with Gasteiger partial charge in [0.05, 0.1) is 12.4 Å². The first-order valence-corrected chi connectivity index (χ1v) is 9.70. The summed E-state index contributed by atoms with van der Waals surface area (Å²) < 4.78 is 29.2. The van der Waals surface area contributed by atoms with Crippen molar-refractivity contribution in [3.63, 3.8) is 0 Å². The highest BCUT2D eigenvalue weighted by atomic mass is 19.1. The Morgan fingerprint density at radius 2 is 2.00 bits per heavy atom. The maximum absolute atomic E-state index is 13.7. The second-order valence-corrected chi connectivity index (χ2v) is 8.46. The number of hydrazone groups is 1. The van der Waals surface area contributed by atoms with Crippen LogP contribution in [0, 0.1) is 40.2 Å². The van der Waals surface area contributed by atoms with Crippen molar-refractivity contribution in [2.24, 2.45) is 22.4 Å². The molecule has 2 unspecified atom stereocenters. The van der Waals surface area contributed by atoms with Gasteiger partial charge in [0.1, 0.15) is 17.7 Å². The van der Waals surface area contributed by atoms with Crippen LogP contribution in [0.1, 0.15) is 43.0 Å². The van der Waals surface area contributed by atoms with E-state index < -0.39 is 17.7 Å². The zero-order valence-corrected chi connectivity index (χ0v) is 15.6. The van der Waals surface area contributed by atoms with Crippen LogP contribution in [-0.2, 0) is 11.3 Å². The number of hydrogen-bond acceptors (Lipinski definition) is 4. The second-order valence-electron chi connectivity index (χ2n) is 8.46. The van der Waals surface area contributed by atoms with Crippen molar-refractivity contribution < 1.29 is 13.6 Å². The lowest BCUT2D eigenvalue weighted by Gasteiger charge is -2.38. The lowest BCUT2D eigenvalue weighted by atomic mass is 9.69. The van der Waals surface area contributed by atoms with Gasteiger partial charge in [0.2, 0.25) is 5.91 Å². The molecule has 0 N–H and O–H groups in total. The normalized spacial score (nSPS) is 29.7. The topological polar surface area (TPSA) is 74.3 Å². The Morgan fingerprint density at radius 1 is 1.24 bits per heavy atom. The van der Waals surface area contributed by atoms with Crippen molar-refractivity contribution in [3.05, 3.63) is 53.6 Å². The van der Waals surface area contributed by atoms with Crippen LogP contribution in [0.3, 0.4) is 0 Å². The fourth-order valence-electron chi connectivity index (χ4n) is 5.35. The molecule has 2 heterocycles. The van der Waals surface area contributed by atoms with E-state index in [4.69, 9.17) is 5.26 Å². The van der Waals surface area contributed by atoms with Crippen LogP contribution in [0.15, 0.2) is 35.8 Å². The van der Waals surface area contributed by atoms with E-state index in [9.17, 15) is 13.6 Å². The van der Waals surface area contributed by atoms with Crippen molar-refractivity contribution in [2.75, 3.05) is 0 Å². The molecule has 6 nitrogen and oxygen atoms in total. The summed E-state index contributed by atoms with van der Waals surface area (Å²) in [5, 5.41) is 14.6. The van der Waals surface area contributed by atoms with Crippen molar-refractivity contribution in [1.82, 2.24) is 14.6 Å². The van der Waals surface area contributed by atoms with Gasteiger partial charge < -0.3 is 4.57 Å². The number of nitrogens with zero attached hydrogens (tertiary/aromatic N) is 5. The molecule has 8 heteroatoms. The predicted molar refractivity (Wildman–Crippen MR) is 99.3 cm³/mol. The molecule has 2 aromatic rings. The molecule has 3 aliphatic carbocycles. The van der Waals surface area contributed by atoms with Gasteiger partial charge in [0, 0.05) is 37.4 Å². The number of carbonyl (C=O) groups excluding carboxylic acids is 1. The molecule has 148 valence electrons. The summed E-state index contributed by atoms with van der Waals surface area (Å²) in [6.07, 6.45) is 8.15. The van der Waals surface area contributed by atoms with Crippen LogP contribution in [-0.4, -0.2) is 26.7 Å². The third-order valence-electron chi connectivity index (χ3n) is 6.52. The first kappa shape index (κ1) is 18.0. The van der Waals surface area contributed by atoms with Gasteiger partial charge in [-0.3, -0.25) is 4.79 Å².